The summed E-state index contributed by atoms with van der Waals surface area (Å²) in [4.78, 5) is 34.6. The van der Waals surface area contributed by atoms with Gasteiger partial charge in [0.2, 0.25) is 0 Å². The number of aliphatic hydroxyl groups is 6. The Balaban J connectivity index is 1.03. The third-order valence-electron chi connectivity index (χ3n) is 15.9. The molecule has 0 spiro atoms. The normalized spacial score (nSPS) is 40.6. The van der Waals surface area contributed by atoms with Gasteiger partial charge in [0.1, 0.15) is 34.9 Å². The van der Waals surface area contributed by atoms with Crippen LogP contribution in [-0.2, 0) is 43.6 Å². The molecule has 1 saturated carbocycles. The third kappa shape index (κ3) is 7.95. The number of carbonyl (C=O) groups excluding carboxylic acids is 1. The van der Waals surface area contributed by atoms with E-state index in [-0.39, 0.29) is 69.3 Å². The number of ketones is 1. The molecule has 7 aliphatic rings. The molecule has 386 valence electrons. The largest absolute Gasteiger partial charge is 0.507 e. The Morgan fingerprint density at radius 2 is 1.46 bits per heavy atom. The van der Waals surface area contributed by atoms with Crippen LogP contribution in [-0.4, -0.2) is 144 Å². The van der Waals surface area contributed by atoms with Crippen LogP contribution in [0.25, 0.3) is 33.4 Å². The van der Waals surface area contributed by atoms with Gasteiger partial charge in [-0.2, -0.15) is 0 Å². The number of hydrogen-bond donors (Lipinski definition) is 8. The number of ether oxygens (including phenoxy) is 7. The van der Waals surface area contributed by atoms with Gasteiger partial charge in [-0.25, -0.2) is 4.79 Å². The number of benzene rings is 3. The van der Waals surface area contributed by atoms with Crippen molar-refractivity contribution in [2.75, 3.05) is 0 Å². The first-order valence-electron chi connectivity index (χ1n) is 24.9. The van der Waals surface area contributed by atoms with E-state index in [1.165, 1.54) is 25.3 Å². The van der Waals surface area contributed by atoms with Crippen LogP contribution in [0.1, 0.15) is 114 Å². The number of aromatic hydroxyl groups is 2. The number of fused-ring (bicyclic) bond motifs is 5. The molecular formula is C53H61NO18. The molecule has 0 bridgehead atoms. The fourth-order valence-electron chi connectivity index (χ4n) is 12.2. The van der Waals surface area contributed by atoms with Crippen LogP contribution in [0.5, 0.6) is 11.5 Å². The first kappa shape index (κ1) is 49.5. The van der Waals surface area contributed by atoms with Crippen LogP contribution in [0.15, 0.2) is 50.6 Å². The monoisotopic (exact) mass is 999 g/mol. The molecule has 1 aromatic heterocycles. The highest BCUT2D eigenvalue weighted by atomic mass is 16.7. The molecule has 17 atom stereocenters. The molecule has 19 nitrogen and oxygen atoms in total. The summed E-state index contributed by atoms with van der Waals surface area (Å²) >= 11 is 0. The Morgan fingerprint density at radius 3 is 2.21 bits per heavy atom. The predicted octanol–water partition coefficient (Wildman–Crippen LogP) is 3.32. The van der Waals surface area contributed by atoms with E-state index in [1.807, 2.05) is 6.92 Å². The van der Waals surface area contributed by atoms with Crippen molar-refractivity contribution in [3.63, 3.8) is 0 Å². The summed E-state index contributed by atoms with van der Waals surface area (Å²) in [6.45, 7) is 8.19. The second-order valence-electron chi connectivity index (χ2n) is 21.1. The van der Waals surface area contributed by atoms with Crippen molar-refractivity contribution in [2.45, 2.75) is 189 Å². The zero-order chi connectivity index (χ0) is 50.9. The first-order valence-corrected chi connectivity index (χ1v) is 24.9. The van der Waals surface area contributed by atoms with Gasteiger partial charge in [0.15, 0.2) is 30.3 Å². The predicted molar refractivity (Wildman–Crippen MR) is 255 cm³/mol. The molecule has 5 aliphatic heterocycles. The number of aliphatic imine (C=N–C) groups is 1. The lowest BCUT2D eigenvalue weighted by Crippen LogP contribution is -2.67. The number of nitrogens with zero attached hydrogens (tertiary/aromatic N) is 1. The summed E-state index contributed by atoms with van der Waals surface area (Å²) in [6.07, 6.45) is -7.44. The van der Waals surface area contributed by atoms with Gasteiger partial charge in [0.25, 0.3) is 0 Å². The molecule has 72 heavy (non-hydrogen) atoms. The summed E-state index contributed by atoms with van der Waals surface area (Å²) in [5.41, 5.74) is -6.35. The summed E-state index contributed by atoms with van der Waals surface area (Å²) < 4.78 is 50.3. The van der Waals surface area contributed by atoms with Crippen LogP contribution in [0.4, 0.5) is 5.69 Å². The molecule has 0 unspecified atom stereocenters. The molecule has 8 N–H and O–H groups in total. The average molecular weight is 1000 g/mol. The standard InChI is InChI=1S/C53H61NO18/c1-22-32(55)10-12-39(66-22)72-53-37(57)19-51(5,63)21-52(53,64)15-14-27-44(53)49-42-29(41(50(62)71-49)30-20-54-31-9-7-6-8-26(30)31)16-28(48(61)43(42)47(27)60)35-18-36(46(59)25(4)65-35)70-38-13-11-34(23(2)67-38)69-40-17-33(56)45(58)24(3)68-40/h6-9,14-16,20,22-25,32-36,38-40,45-46,55-56,58-61,63-64H,10-13,17-19,21H2,1-5H3/b41-30+/t22-,23-,24+,25+,32-,33+,34-,35+,36+,38-,39-,40-,45+,46+,51-,52-,53-/m0/s1. The van der Waals surface area contributed by atoms with Gasteiger partial charge in [0.05, 0.1) is 76.8 Å². The van der Waals surface area contributed by atoms with E-state index < -0.39 is 139 Å². The van der Waals surface area contributed by atoms with Crippen LogP contribution in [0.3, 0.4) is 0 Å². The zero-order valence-corrected chi connectivity index (χ0v) is 40.5. The molecule has 0 amide bonds. The van der Waals surface area contributed by atoms with E-state index in [1.54, 1.807) is 51.1 Å². The molecule has 5 fully saturated rings. The zero-order valence-electron chi connectivity index (χ0n) is 40.5. The van der Waals surface area contributed by atoms with E-state index >= 15 is 9.59 Å². The quantitative estimate of drug-likeness (QED) is 0.123. The van der Waals surface area contributed by atoms with E-state index in [2.05, 4.69) is 4.99 Å². The Kier molecular flexibility index (Phi) is 12.4. The highest BCUT2D eigenvalue weighted by molar-refractivity contribution is 6.22. The maximum Gasteiger partial charge on any atom is 0.344 e. The fourth-order valence-corrected chi connectivity index (χ4v) is 12.2. The van der Waals surface area contributed by atoms with Crippen LogP contribution >= 0.6 is 0 Å². The van der Waals surface area contributed by atoms with Crippen molar-refractivity contribution < 1.29 is 83.2 Å². The summed E-state index contributed by atoms with van der Waals surface area (Å²) in [6, 6.07) is 8.71. The van der Waals surface area contributed by atoms with Crippen molar-refractivity contribution in [1.29, 1.82) is 0 Å². The summed E-state index contributed by atoms with van der Waals surface area (Å²) in [5.74, 6) is -1.82. The van der Waals surface area contributed by atoms with E-state index in [4.69, 9.17) is 37.6 Å². The minimum absolute atomic E-state index is 0.00308. The van der Waals surface area contributed by atoms with E-state index in [0.29, 0.717) is 29.7 Å². The minimum atomic E-state index is -2.47. The molecule has 6 heterocycles. The van der Waals surface area contributed by atoms with Gasteiger partial charge >= 0.3 is 5.63 Å². The van der Waals surface area contributed by atoms with Crippen molar-refractivity contribution >= 4 is 51.1 Å². The first-order chi connectivity index (χ1) is 34.2. The van der Waals surface area contributed by atoms with Gasteiger partial charge in [-0.05, 0) is 65.7 Å². The Labute approximate surface area is 412 Å². The second-order valence-corrected chi connectivity index (χ2v) is 21.1. The van der Waals surface area contributed by atoms with Crippen LogP contribution in [0.2, 0.25) is 0 Å². The number of aliphatic hydroxyl groups excluding tert-OH is 4. The Bertz CT molecular complexity index is 2990. The fraction of sp³-hybridized carbons (Fsp3) is 0.566. The minimum Gasteiger partial charge on any atom is -0.507 e. The third-order valence-corrected chi connectivity index (χ3v) is 15.9. The van der Waals surface area contributed by atoms with E-state index in [0.717, 1.165) is 0 Å². The molecule has 4 saturated heterocycles. The van der Waals surface area contributed by atoms with Gasteiger partial charge in [-0.3, -0.25) is 9.79 Å². The number of rotatable bonds is 7. The van der Waals surface area contributed by atoms with Gasteiger partial charge < -0.3 is 78.4 Å². The summed E-state index contributed by atoms with van der Waals surface area (Å²) in [7, 11) is 0. The number of phenols is 2. The smallest absolute Gasteiger partial charge is 0.344 e. The van der Waals surface area contributed by atoms with Gasteiger partial charge in [-0.15, -0.1) is 0 Å². The van der Waals surface area contributed by atoms with Crippen molar-refractivity contribution in [3.8, 4) is 11.5 Å². The summed E-state index contributed by atoms with van der Waals surface area (Å²) in [5, 5.41) is 92.2. The lowest BCUT2D eigenvalue weighted by Gasteiger charge is -2.54. The van der Waals surface area contributed by atoms with Crippen LogP contribution < -0.4 is 10.8 Å². The number of carbonyl (C=O) groups is 1. The van der Waals surface area contributed by atoms with Crippen molar-refractivity contribution in [3.05, 3.63) is 74.3 Å². The number of hydrogen-bond acceptors (Lipinski definition) is 19. The lowest BCUT2D eigenvalue weighted by molar-refractivity contribution is -0.306. The maximum atomic E-state index is 15.0. The molecule has 11 rings (SSSR count). The molecule has 0 radical (unpaired) electrons. The maximum absolute atomic E-state index is 15.0. The average Bonchev–Trinajstić information content (AvgIpc) is 3.74. The van der Waals surface area contributed by atoms with Gasteiger partial charge in [0, 0.05) is 83.3 Å². The number of Topliss-reactive ketones (excluding diaryl/α,β-unsaturated/α-hetero) is 1. The van der Waals surface area contributed by atoms with Crippen LogP contribution in [0, 0.1) is 0 Å². The molecule has 4 aromatic rings. The van der Waals surface area contributed by atoms with Crippen molar-refractivity contribution in [2.24, 2.45) is 4.99 Å². The second kappa shape index (κ2) is 18.0. The van der Waals surface area contributed by atoms with E-state index in [9.17, 15) is 40.9 Å². The molecule has 2 aliphatic carbocycles. The molecule has 3 aromatic carbocycles. The number of phenolic OH excluding ortho intramolecular Hbond substituents is 2. The Hall–Kier alpha value is -4.71. The lowest BCUT2D eigenvalue weighted by atomic mass is 9.59. The topological polar surface area (TPSA) is 286 Å². The molecule has 19 heteroatoms. The Morgan fingerprint density at radius 1 is 0.750 bits per heavy atom. The SMILES string of the molecule is C[C@@H]1O[C@@H](O[C@@H]2C[C@H](c3cc4/c(=C5/C=Nc6ccccc65)c(=O)oc5c6c(c(O)c(c3O)c54)C=C[C@]3(O)C[C@@](C)(O)CC(=O)[C@]63O[C@H]3CC[C@H](O)[C@H](C)O3)O[C@H](C)[C@H]2O)CC[C@@H]1O[C@H]1C[C@@H](O)[C@H](O)[C@@H](C)O1. The highest BCUT2D eigenvalue weighted by Crippen LogP contribution is 2.59. The molecular weight excluding hydrogens is 939 g/mol. The van der Waals surface area contributed by atoms with Gasteiger partial charge in [-0.1, -0.05) is 24.3 Å². The van der Waals surface area contributed by atoms with Crippen molar-refractivity contribution in [1.82, 2.24) is 0 Å². The number of para-hydroxylation sites is 1. The highest BCUT2D eigenvalue weighted by Gasteiger charge is 2.67.